The molecule has 0 saturated carbocycles. The van der Waals surface area contributed by atoms with E-state index in [1.54, 1.807) is 19.5 Å². The van der Waals surface area contributed by atoms with Gasteiger partial charge in [0, 0.05) is 38.0 Å². The molecule has 0 aliphatic heterocycles. The Kier molecular flexibility index (Phi) is 4.95. The summed E-state index contributed by atoms with van der Waals surface area (Å²) in [4.78, 5) is 13.1. The average molecular weight is 309 g/mol. The quantitative estimate of drug-likeness (QED) is 0.653. The van der Waals surface area contributed by atoms with Crippen LogP contribution in [-0.4, -0.2) is 35.2 Å². The van der Waals surface area contributed by atoms with Crippen LogP contribution < -0.4 is 10.6 Å². The van der Waals surface area contributed by atoms with Gasteiger partial charge in [0.15, 0.2) is 0 Å². The van der Waals surface area contributed by atoms with Gasteiger partial charge in [0.1, 0.15) is 5.82 Å². The third-order valence-electron chi connectivity index (χ3n) is 3.36. The number of ether oxygens (including phenoxy) is 1. The Bertz CT molecular complexity index is 772. The molecule has 1 aromatic carbocycles. The number of anilines is 3. The normalized spacial score (nSPS) is 10.7. The molecule has 6 heteroatoms. The van der Waals surface area contributed by atoms with Crippen molar-refractivity contribution >= 4 is 28.4 Å². The van der Waals surface area contributed by atoms with Crippen LogP contribution in [0.5, 0.6) is 0 Å². The lowest BCUT2D eigenvalue weighted by molar-refractivity contribution is 0.197. The van der Waals surface area contributed by atoms with E-state index in [-0.39, 0.29) is 0 Å². The van der Waals surface area contributed by atoms with E-state index >= 15 is 0 Å². The number of pyridine rings is 1. The van der Waals surface area contributed by atoms with Crippen LogP contribution in [0.1, 0.15) is 6.42 Å². The van der Waals surface area contributed by atoms with E-state index in [9.17, 15) is 0 Å². The minimum atomic E-state index is 0.597. The molecular formula is C17H19N5O. The zero-order valence-electron chi connectivity index (χ0n) is 13.0. The molecule has 0 unspecified atom stereocenters. The van der Waals surface area contributed by atoms with Gasteiger partial charge in [-0.25, -0.2) is 4.98 Å². The van der Waals surface area contributed by atoms with Crippen molar-refractivity contribution in [1.82, 2.24) is 15.0 Å². The van der Waals surface area contributed by atoms with Crippen LogP contribution in [0.15, 0.2) is 48.8 Å². The number of para-hydroxylation sites is 1. The van der Waals surface area contributed by atoms with Crippen molar-refractivity contribution < 1.29 is 4.74 Å². The molecule has 0 spiro atoms. The number of hydrogen-bond acceptors (Lipinski definition) is 6. The second kappa shape index (κ2) is 7.51. The topological polar surface area (TPSA) is 72.0 Å². The standard InChI is InChI=1S/C17H19N5O/c1-23-12-4-10-19-17-20-11-8-15(22-17)21-14-7-2-5-13-6-3-9-18-16(13)14/h2-3,5-9,11H,4,10,12H2,1H3,(H2,19,20,21,22). The number of aromatic nitrogens is 3. The summed E-state index contributed by atoms with van der Waals surface area (Å²) in [5.74, 6) is 1.33. The molecule has 0 radical (unpaired) electrons. The molecule has 3 rings (SSSR count). The van der Waals surface area contributed by atoms with E-state index in [1.165, 1.54) is 0 Å². The highest BCUT2D eigenvalue weighted by Gasteiger charge is 2.04. The minimum Gasteiger partial charge on any atom is -0.385 e. The van der Waals surface area contributed by atoms with Gasteiger partial charge in [-0.3, -0.25) is 4.98 Å². The molecule has 0 bridgehead atoms. The van der Waals surface area contributed by atoms with Gasteiger partial charge in [0.2, 0.25) is 5.95 Å². The van der Waals surface area contributed by atoms with Gasteiger partial charge in [-0.2, -0.15) is 4.98 Å². The van der Waals surface area contributed by atoms with E-state index < -0.39 is 0 Å². The Morgan fingerprint density at radius 2 is 1.96 bits per heavy atom. The summed E-state index contributed by atoms with van der Waals surface area (Å²) in [6.07, 6.45) is 4.42. The lowest BCUT2D eigenvalue weighted by Gasteiger charge is -2.10. The molecule has 0 amide bonds. The molecule has 2 N–H and O–H groups in total. The van der Waals surface area contributed by atoms with E-state index in [2.05, 4.69) is 25.6 Å². The largest absolute Gasteiger partial charge is 0.385 e. The minimum absolute atomic E-state index is 0.597. The van der Waals surface area contributed by atoms with Crippen molar-refractivity contribution in [3.8, 4) is 0 Å². The Morgan fingerprint density at radius 1 is 1.04 bits per heavy atom. The Balaban J connectivity index is 1.74. The Labute approximate surface area is 135 Å². The first-order valence-electron chi connectivity index (χ1n) is 7.53. The third kappa shape index (κ3) is 3.92. The molecule has 0 aliphatic carbocycles. The predicted octanol–water partition coefficient (Wildman–Crippen LogP) is 3.22. The van der Waals surface area contributed by atoms with Crippen molar-refractivity contribution in [1.29, 1.82) is 0 Å². The first-order chi connectivity index (χ1) is 11.4. The van der Waals surface area contributed by atoms with Crippen LogP contribution in [0.25, 0.3) is 10.9 Å². The van der Waals surface area contributed by atoms with Crippen LogP contribution in [0, 0.1) is 0 Å². The van der Waals surface area contributed by atoms with Gasteiger partial charge in [-0.15, -0.1) is 0 Å². The van der Waals surface area contributed by atoms with Crippen molar-refractivity contribution in [3.63, 3.8) is 0 Å². The maximum absolute atomic E-state index is 5.02. The summed E-state index contributed by atoms with van der Waals surface area (Å²) in [5, 5.41) is 7.58. The van der Waals surface area contributed by atoms with E-state index in [4.69, 9.17) is 4.74 Å². The molecule has 3 aromatic rings. The van der Waals surface area contributed by atoms with Crippen molar-refractivity contribution in [2.24, 2.45) is 0 Å². The SMILES string of the molecule is COCCCNc1nccc(Nc2cccc3cccnc23)n1. The summed E-state index contributed by atoms with van der Waals surface area (Å²) in [6.45, 7) is 1.49. The highest BCUT2D eigenvalue weighted by molar-refractivity contribution is 5.91. The van der Waals surface area contributed by atoms with Crippen LogP contribution in [0.3, 0.4) is 0 Å². The van der Waals surface area contributed by atoms with Gasteiger partial charge in [0.05, 0.1) is 11.2 Å². The van der Waals surface area contributed by atoms with Gasteiger partial charge >= 0.3 is 0 Å². The number of fused-ring (bicyclic) bond motifs is 1. The molecule has 0 saturated heterocycles. The molecule has 118 valence electrons. The fraction of sp³-hybridized carbons (Fsp3) is 0.235. The first-order valence-corrected chi connectivity index (χ1v) is 7.53. The third-order valence-corrected chi connectivity index (χ3v) is 3.36. The average Bonchev–Trinajstić information content (AvgIpc) is 2.60. The lowest BCUT2D eigenvalue weighted by Crippen LogP contribution is -2.08. The highest BCUT2D eigenvalue weighted by atomic mass is 16.5. The maximum Gasteiger partial charge on any atom is 0.224 e. The second-order valence-electron chi connectivity index (χ2n) is 5.04. The molecule has 23 heavy (non-hydrogen) atoms. The van der Waals surface area contributed by atoms with Crippen molar-refractivity contribution in [2.75, 3.05) is 30.9 Å². The number of rotatable bonds is 7. The first kappa shape index (κ1) is 15.2. The maximum atomic E-state index is 5.02. The number of methoxy groups -OCH3 is 1. The molecule has 0 aliphatic rings. The van der Waals surface area contributed by atoms with Crippen molar-refractivity contribution in [3.05, 3.63) is 48.8 Å². The van der Waals surface area contributed by atoms with Gasteiger partial charge in [-0.05, 0) is 24.6 Å². The summed E-state index contributed by atoms with van der Waals surface area (Å²) < 4.78 is 5.02. The predicted molar refractivity (Wildman–Crippen MR) is 92.0 cm³/mol. The molecule has 0 atom stereocenters. The van der Waals surface area contributed by atoms with Gasteiger partial charge < -0.3 is 15.4 Å². The summed E-state index contributed by atoms with van der Waals surface area (Å²) in [6, 6.07) is 11.8. The highest BCUT2D eigenvalue weighted by Crippen LogP contribution is 2.23. The van der Waals surface area contributed by atoms with Crippen LogP contribution >= 0.6 is 0 Å². The van der Waals surface area contributed by atoms with Gasteiger partial charge in [-0.1, -0.05) is 18.2 Å². The summed E-state index contributed by atoms with van der Waals surface area (Å²) >= 11 is 0. The Morgan fingerprint density at radius 3 is 2.87 bits per heavy atom. The summed E-state index contributed by atoms with van der Waals surface area (Å²) in [7, 11) is 1.69. The number of benzene rings is 1. The smallest absolute Gasteiger partial charge is 0.224 e. The molecular weight excluding hydrogens is 290 g/mol. The Hall–Kier alpha value is -2.73. The lowest BCUT2D eigenvalue weighted by atomic mass is 10.2. The second-order valence-corrected chi connectivity index (χ2v) is 5.04. The van der Waals surface area contributed by atoms with Crippen molar-refractivity contribution in [2.45, 2.75) is 6.42 Å². The fourth-order valence-corrected chi connectivity index (χ4v) is 2.27. The zero-order valence-corrected chi connectivity index (χ0v) is 13.0. The number of hydrogen-bond donors (Lipinski definition) is 2. The zero-order chi connectivity index (χ0) is 15.9. The molecule has 6 nitrogen and oxygen atoms in total. The van der Waals surface area contributed by atoms with Gasteiger partial charge in [0.25, 0.3) is 0 Å². The van der Waals surface area contributed by atoms with Crippen LogP contribution in [0.2, 0.25) is 0 Å². The number of nitrogens with one attached hydrogen (secondary N) is 2. The van der Waals surface area contributed by atoms with E-state index in [1.807, 2.05) is 36.4 Å². The molecule has 0 fully saturated rings. The van der Waals surface area contributed by atoms with Crippen LogP contribution in [0.4, 0.5) is 17.5 Å². The van der Waals surface area contributed by atoms with E-state index in [0.29, 0.717) is 12.6 Å². The summed E-state index contributed by atoms with van der Waals surface area (Å²) in [5.41, 5.74) is 1.84. The molecule has 2 heterocycles. The number of nitrogens with zero attached hydrogens (tertiary/aromatic N) is 3. The monoisotopic (exact) mass is 309 g/mol. The van der Waals surface area contributed by atoms with E-state index in [0.717, 1.165) is 35.4 Å². The fourth-order valence-electron chi connectivity index (χ4n) is 2.27. The van der Waals surface area contributed by atoms with Crippen LogP contribution in [-0.2, 0) is 4.74 Å². The molecule has 2 aromatic heterocycles.